The number of rotatable bonds is 7. The summed E-state index contributed by atoms with van der Waals surface area (Å²) in [7, 11) is 1.57. The minimum Gasteiger partial charge on any atom is -0.493 e. The third kappa shape index (κ3) is 5.64. The molecule has 1 N–H and O–H groups in total. The number of methoxy groups -OCH3 is 1. The van der Waals surface area contributed by atoms with Gasteiger partial charge in [0, 0.05) is 19.9 Å². The topological polar surface area (TPSA) is 73.1 Å². The van der Waals surface area contributed by atoms with Crippen molar-refractivity contribution in [2.24, 2.45) is 5.10 Å². The van der Waals surface area contributed by atoms with Crippen LogP contribution in [0.4, 0.5) is 0 Å². The van der Waals surface area contributed by atoms with Crippen LogP contribution in [0.2, 0.25) is 0 Å². The first-order valence-electron chi connectivity index (χ1n) is 10.0. The van der Waals surface area contributed by atoms with Gasteiger partial charge in [0.2, 0.25) is 0 Å². The van der Waals surface area contributed by atoms with Crippen molar-refractivity contribution in [3.63, 3.8) is 0 Å². The Morgan fingerprint density at radius 3 is 2.73 bits per heavy atom. The van der Waals surface area contributed by atoms with E-state index in [1.807, 2.05) is 43.3 Å². The Labute approximate surface area is 207 Å². The minimum atomic E-state index is -0.445. The zero-order chi connectivity index (χ0) is 23.4. The molecule has 1 amide bonds. The molecule has 4 aromatic rings. The van der Waals surface area contributed by atoms with Crippen LogP contribution in [0, 0.1) is 6.92 Å². The Bertz CT molecular complexity index is 1350. The number of fused-ring (bicyclic) bond motifs is 1. The van der Waals surface area contributed by atoms with Crippen molar-refractivity contribution in [2.75, 3.05) is 7.11 Å². The highest BCUT2D eigenvalue weighted by Crippen LogP contribution is 2.33. The highest BCUT2D eigenvalue weighted by atomic mass is 79.9. The predicted molar refractivity (Wildman–Crippen MR) is 135 cm³/mol. The first kappa shape index (κ1) is 23.1. The molecular weight excluding hydrogens is 552 g/mol. The number of hydrogen-bond acceptors (Lipinski definition) is 5. The summed E-state index contributed by atoms with van der Waals surface area (Å²) >= 11 is 6.93. The van der Waals surface area contributed by atoms with Crippen LogP contribution >= 0.6 is 31.9 Å². The van der Waals surface area contributed by atoms with E-state index in [2.05, 4.69) is 48.5 Å². The van der Waals surface area contributed by atoms with Gasteiger partial charge < -0.3 is 13.9 Å². The molecular formula is C25H20Br2N2O4. The third-order valence-electron chi connectivity index (χ3n) is 4.83. The Kier molecular flexibility index (Phi) is 7.15. The van der Waals surface area contributed by atoms with Gasteiger partial charge in [-0.3, -0.25) is 4.79 Å². The number of furan rings is 1. The molecule has 0 saturated carbocycles. The van der Waals surface area contributed by atoms with E-state index in [1.54, 1.807) is 25.3 Å². The van der Waals surface area contributed by atoms with E-state index in [0.29, 0.717) is 29.3 Å². The van der Waals surface area contributed by atoms with E-state index in [4.69, 9.17) is 13.9 Å². The van der Waals surface area contributed by atoms with Gasteiger partial charge in [0.15, 0.2) is 17.3 Å². The van der Waals surface area contributed by atoms with Gasteiger partial charge in [-0.1, -0.05) is 45.8 Å². The molecule has 0 fully saturated rings. The van der Waals surface area contributed by atoms with Gasteiger partial charge in [-0.2, -0.15) is 5.10 Å². The number of nitrogens with zero attached hydrogens (tertiary/aromatic N) is 1. The van der Waals surface area contributed by atoms with Crippen LogP contribution in [0.5, 0.6) is 11.5 Å². The van der Waals surface area contributed by atoms with Crippen LogP contribution in [0.3, 0.4) is 0 Å². The molecule has 4 rings (SSSR count). The van der Waals surface area contributed by atoms with Crippen molar-refractivity contribution in [3.05, 3.63) is 92.1 Å². The quantitative estimate of drug-likeness (QED) is 0.200. The van der Waals surface area contributed by atoms with Gasteiger partial charge in [0.25, 0.3) is 0 Å². The molecule has 1 heterocycles. The molecule has 0 aliphatic rings. The Hall–Kier alpha value is -3.10. The van der Waals surface area contributed by atoms with Gasteiger partial charge in [-0.25, -0.2) is 5.43 Å². The van der Waals surface area contributed by atoms with Crippen LogP contribution in [0.1, 0.15) is 27.2 Å². The molecule has 6 nitrogen and oxygen atoms in total. The zero-order valence-electron chi connectivity index (χ0n) is 17.9. The summed E-state index contributed by atoms with van der Waals surface area (Å²) in [5, 5.41) is 4.88. The lowest BCUT2D eigenvalue weighted by Crippen LogP contribution is -2.16. The zero-order valence-corrected chi connectivity index (χ0v) is 21.1. The van der Waals surface area contributed by atoms with E-state index < -0.39 is 5.91 Å². The molecule has 0 aliphatic carbocycles. The van der Waals surface area contributed by atoms with Gasteiger partial charge in [0.05, 0.1) is 13.3 Å². The van der Waals surface area contributed by atoms with E-state index in [-0.39, 0.29) is 5.76 Å². The van der Waals surface area contributed by atoms with Gasteiger partial charge in [-0.05, 0) is 64.8 Å². The number of hydrazone groups is 1. The van der Waals surface area contributed by atoms with Crippen LogP contribution in [-0.2, 0) is 6.61 Å². The molecule has 0 spiro atoms. The second-order valence-corrected chi connectivity index (χ2v) is 9.06. The standard InChI is InChI=1S/C25H20Br2N2O4/c1-15-4-3-5-16(8-15)14-32-23-12-20(27)18(11-22(23)31-2)13-28-29-25(30)24-10-17-9-19(26)6-7-21(17)33-24/h3-13H,14H2,1-2H3,(H,29,30)/b28-13+. The number of benzene rings is 3. The molecule has 1 aromatic heterocycles. The fourth-order valence-corrected chi connectivity index (χ4v) is 4.03. The molecule has 168 valence electrons. The smallest absolute Gasteiger partial charge is 0.307 e. The molecule has 0 unspecified atom stereocenters. The third-order valence-corrected chi connectivity index (χ3v) is 6.01. The lowest BCUT2D eigenvalue weighted by atomic mass is 10.1. The Balaban J connectivity index is 1.45. The highest BCUT2D eigenvalue weighted by Gasteiger charge is 2.13. The van der Waals surface area contributed by atoms with Crippen LogP contribution < -0.4 is 14.9 Å². The average molecular weight is 572 g/mol. The molecule has 33 heavy (non-hydrogen) atoms. The summed E-state index contributed by atoms with van der Waals surface area (Å²) in [4.78, 5) is 12.4. The normalized spacial score (nSPS) is 11.2. The second kappa shape index (κ2) is 10.2. The monoisotopic (exact) mass is 570 g/mol. The molecule has 0 atom stereocenters. The Morgan fingerprint density at radius 2 is 1.94 bits per heavy atom. The summed E-state index contributed by atoms with van der Waals surface area (Å²) in [6, 6.07) is 18.9. The van der Waals surface area contributed by atoms with Crippen LogP contribution in [-0.4, -0.2) is 19.2 Å². The summed E-state index contributed by atoms with van der Waals surface area (Å²) in [5.74, 6) is 0.888. The Morgan fingerprint density at radius 1 is 1.09 bits per heavy atom. The van der Waals surface area contributed by atoms with E-state index in [1.165, 1.54) is 11.8 Å². The van der Waals surface area contributed by atoms with Gasteiger partial charge >= 0.3 is 5.91 Å². The summed E-state index contributed by atoms with van der Waals surface area (Å²) in [6.45, 7) is 2.46. The molecule has 0 saturated heterocycles. The molecule has 0 aliphatic heterocycles. The summed E-state index contributed by atoms with van der Waals surface area (Å²) < 4.78 is 18.7. The predicted octanol–water partition coefficient (Wildman–Crippen LogP) is 6.62. The lowest BCUT2D eigenvalue weighted by molar-refractivity contribution is 0.0929. The number of nitrogens with one attached hydrogen (secondary N) is 1. The summed E-state index contributed by atoms with van der Waals surface area (Å²) in [5.41, 5.74) is 6.07. The maximum absolute atomic E-state index is 12.4. The number of carbonyl (C=O) groups is 1. The van der Waals surface area contributed by atoms with Crippen molar-refractivity contribution in [1.29, 1.82) is 0 Å². The lowest BCUT2D eigenvalue weighted by Gasteiger charge is -2.13. The number of aryl methyl sites for hydroxylation is 1. The summed E-state index contributed by atoms with van der Waals surface area (Å²) in [6.07, 6.45) is 1.52. The van der Waals surface area contributed by atoms with Crippen molar-refractivity contribution < 1.29 is 18.7 Å². The SMILES string of the molecule is COc1cc(/C=N/NC(=O)c2cc3cc(Br)ccc3o2)c(Br)cc1OCc1cccc(C)c1. The number of carbonyl (C=O) groups excluding carboxylic acids is 1. The van der Waals surface area contributed by atoms with Crippen LogP contribution in [0.15, 0.2) is 79.1 Å². The first-order chi connectivity index (χ1) is 15.9. The minimum absolute atomic E-state index is 0.178. The molecule has 8 heteroatoms. The largest absolute Gasteiger partial charge is 0.493 e. The van der Waals surface area contributed by atoms with Crippen molar-refractivity contribution in [3.8, 4) is 11.5 Å². The maximum Gasteiger partial charge on any atom is 0.307 e. The fourth-order valence-electron chi connectivity index (χ4n) is 3.23. The molecule has 3 aromatic carbocycles. The first-order valence-corrected chi connectivity index (χ1v) is 11.6. The highest BCUT2D eigenvalue weighted by molar-refractivity contribution is 9.10. The number of hydrogen-bond donors (Lipinski definition) is 1. The molecule has 0 bridgehead atoms. The number of halogens is 2. The number of ether oxygens (including phenoxy) is 2. The average Bonchev–Trinajstić information content (AvgIpc) is 3.22. The number of amides is 1. The van der Waals surface area contributed by atoms with Gasteiger partial charge in [0.1, 0.15) is 12.2 Å². The molecule has 0 radical (unpaired) electrons. The van der Waals surface area contributed by atoms with E-state index in [0.717, 1.165) is 19.9 Å². The maximum atomic E-state index is 12.4. The van der Waals surface area contributed by atoms with Crippen molar-refractivity contribution in [2.45, 2.75) is 13.5 Å². The van der Waals surface area contributed by atoms with Crippen molar-refractivity contribution >= 4 is 55.0 Å². The van der Waals surface area contributed by atoms with E-state index >= 15 is 0 Å². The van der Waals surface area contributed by atoms with E-state index in [9.17, 15) is 4.79 Å². The second-order valence-electron chi connectivity index (χ2n) is 7.29. The van der Waals surface area contributed by atoms with Crippen molar-refractivity contribution in [1.82, 2.24) is 5.43 Å². The fraction of sp³-hybridized carbons (Fsp3) is 0.120. The van der Waals surface area contributed by atoms with Crippen LogP contribution in [0.25, 0.3) is 11.0 Å². The van der Waals surface area contributed by atoms with Gasteiger partial charge in [-0.15, -0.1) is 0 Å².